The van der Waals surface area contributed by atoms with Crippen LogP contribution in [-0.2, 0) is 12.8 Å². The van der Waals surface area contributed by atoms with Crippen molar-refractivity contribution in [3.8, 4) is 0 Å². The summed E-state index contributed by atoms with van der Waals surface area (Å²) in [6.45, 7) is 0.595. The lowest BCUT2D eigenvalue weighted by Gasteiger charge is -2.12. The SMILES string of the molecule is CNCC(O)c1ccc2[nH]c3c(c2c1)CCCC3. The van der Waals surface area contributed by atoms with E-state index in [-0.39, 0.29) is 0 Å². The predicted octanol–water partition coefficient (Wildman–Crippen LogP) is 2.30. The quantitative estimate of drug-likeness (QED) is 0.776. The van der Waals surface area contributed by atoms with E-state index in [1.165, 1.54) is 47.8 Å². The molecule has 0 aliphatic heterocycles. The van der Waals surface area contributed by atoms with Gasteiger partial charge in [0.25, 0.3) is 0 Å². The van der Waals surface area contributed by atoms with E-state index >= 15 is 0 Å². The summed E-state index contributed by atoms with van der Waals surface area (Å²) >= 11 is 0. The first-order valence-electron chi connectivity index (χ1n) is 6.75. The normalized spacial score (nSPS) is 16.8. The van der Waals surface area contributed by atoms with Crippen LogP contribution in [-0.4, -0.2) is 23.7 Å². The zero-order valence-electron chi connectivity index (χ0n) is 10.8. The molecule has 1 aromatic carbocycles. The fourth-order valence-corrected chi connectivity index (χ4v) is 2.94. The summed E-state index contributed by atoms with van der Waals surface area (Å²) in [7, 11) is 1.86. The number of H-pyrrole nitrogens is 1. The third kappa shape index (κ3) is 1.93. The van der Waals surface area contributed by atoms with Gasteiger partial charge >= 0.3 is 0 Å². The molecule has 96 valence electrons. The monoisotopic (exact) mass is 244 g/mol. The van der Waals surface area contributed by atoms with Crippen molar-refractivity contribution < 1.29 is 5.11 Å². The van der Waals surface area contributed by atoms with Gasteiger partial charge in [0.1, 0.15) is 0 Å². The maximum absolute atomic E-state index is 10.0. The van der Waals surface area contributed by atoms with E-state index in [1.807, 2.05) is 13.1 Å². The third-order valence-electron chi connectivity index (χ3n) is 3.90. The van der Waals surface area contributed by atoms with E-state index in [9.17, 15) is 5.11 Å². The fraction of sp³-hybridized carbons (Fsp3) is 0.467. The average Bonchev–Trinajstić information content (AvgIpc) is 2.76. The Balaban J connectivity index is 2.05. The molecule has 0 saturated carbocycles. The highest BCUT2D eigenvalue weighted by Crippen LogP contribution is 2.30. The maximum Gasteiger partial charge on any atom is 0.0914 e. The Morgan fingerprint density at radius 2 is 2.17 bits per heavy atom. The molecule has 1 aromatic heterocycles. The second kappa shape index (κ2) is 4.75. The minimum absolute atomic E-state index is 0.423. The van der Waals surface area contributed by atoms with Gasteiger partial charge in [0.15, 0.2) is 0 Å². The number of hydrogen-bond donors (Lipinski definition) is 3. The van der Waals surface area contributed by atoms with Crippen LogP contribution in [0.2, 0.25) is 0 Å². The van der Waals surface area contributed by atoms with Gasteiger partial charge in [0.05, 0.1) is 6.10 Å². The Bertz CT molecular complexity index is 559. The van der Waals surface area contributed by atoms with Gasteiger partial charge in [-0.2, -0.15) is 0 Å². The Hall–Kier alpha value is -1.32. The molecule has 0 bridgehead atoms. The first-order chi connectivity index (χ1) is 8.79. The minimum Gasteiger partial charge on any atom is -0.387 e. The van der Waals surface area contributed by atoms with Gasteiger partial charge < -0.3 is 15.4 Å². The van der Waals surface area contributed by atoms with E-state index in [0.717, 1.165) is 5.56 Å². The highest BCUT2D eigenvalue weighted by molar-refractivity contribution is 5.85. The van der Waals surface area contributed by atoms with Crippen LogP contribution in [0.15, 0.2) is 18.2 Å². The molecule has 0 amide bonds. The van der Waals surface area contributed by atoms with E-state index in [2.05, 4.69) is 22.4 Å². The molecule has 1 atom stereocenters. The van der Waals surface area contributed by atoms with Crippen LogP contribution in [0.25, 0.3) is 10.9 Å². The molecule has 0 spiro atoms. The number of aliphatic hydroxyl groups is 1. The smallest absolute Gasteiger partial charge is 0.0914 e. The maximum atomic E-state index is 10.0. The summed E-state index contributed by atoms with van der Waals surface area (Å²) in [5, 5.41) is 14.4. The van der Waals surface area contributed by atoms with Crippen LogP contribution in [0, 0.1) is 0 Å². The van der Waals surface area contributed by atoms with Gasteiger partial charge in [-0.15, -0.1) is 0 Å². The van der Waals surface area contributed by atoms with Gasteiger partial charge in [0, 0.05) is 23.1 Å². The second-order valence-electron chi connectivity index (χ2n) is 5.17. The van der Waals surface area contributed by atoms with Gasteiger partial charge in [-0.25, -0.2) is 0 Å². The number of fused-ring (bicyclic) bond motifs is 3. The summed E-state index contributed by atoms with van der Waals surface area (Å²) in [6, 6.07) is 6.27. The minimum atomic E-state index is -0.423. The van der Waals surface area contributed by atoms with Crippen molar-refractivity contribution in [3.05, 3.63) is 35.0 Å². The highest BCUT2D eigenvalue weighted by atomic mass is 16.3. The molecule has 0 radical (unpaired) electrons. The Morgan fingerprint density at radius 3 is 3.00 bits per heavy atom. The Labute approximate surface area is 107 Å². The summed E-state index contributed by atoms with van der Waals surface area (Å²) in [6.07, 6.45) is 4.48. The van der Waals surface area contributed by atoms with Crippen molar-refractivity contribution >= 4 is 10.9 Å². The lowest BCUT2D eigenvalue weighted by Crippen LogP contribution is -2.16. The van der Waals surface area contributed by atoms with Crippen molar-refractivity contribution in [2.75, 3.05) is 13.6 Å². The largest absolute Gasteiger partial charge is 0.387 e. The first-order valence-corrected chi connectivity index (χ1v) is 6.75. The second-order valence-corrected chi connectivity index (χ2v) is 5.17. The van der Waals surface area contributed by atoms with E-state index in [1.54, 1.807) is 0 Å². The molecule has 18 heavy (non-hydrogen) atoms. The van der Waals surface area contributed by atoms with E-state index < -0.39 is 6.10 Å². The zero-order valence-corrected chi connectivity index (χ0v) is 10.8. The standard InChI is InChI=1S/C15H20N2O/c1-16-9-15(18)10-6-7-14-12(8-10)11-4-2-3-5-13(11)17-14/h6-8,15-18H,2-5,9H2,1H3. The molecule has 1 aliphatic carbocycles. The predicted molar refractivity (Wildman–Crippen MR) is 73.8 cm³/mol. The number of rotatable bonds is 3. The van der Waals surface area contributed by atoms with E-state index in [4.69, 9.17) is 0 Å². The number of hydrogen-bond acceptors (Lipinski definition) is 2. The van der Waals surface area contributed by atoms with Gasteiger partial charge in [0.2, 0.25) is 0 Å². The first kappa shape index (κ1) is 11.8. The molecule has 1 unspecified atom stereocenters. The van der Waals surface area contributed by atoms with Crippen molar-refractivity contribution in [2.45, 2.75) is 31.8 Å². The van der Waals surface area contributed by atoms with Gasteiger partial charge in [-0.3, -0.25) is 0 Å². The van der Waals surface area contributed by atoms with Crippen LogP contribution in [0.5, 0.6) is 0 Å². The van der Waals surface area contributed by atoms with Crippen molar-refractivity contribution in [1.29, 1.82) is 0 Å². The molecular formula is C15H20N2O. The molecule has 0 saturated heterocycles. The highest BCUT2D eigenvalue weighted by Gasteiger charge is 2.16. The van der Waals surface area contributed by atoms with Gasteiger partial charge in [-0.05, 0) is 56.0 Å². The molecule has 0 fully saturated rings. The number of aromatic amines is 1. The molecule has 1 aliphatic rings. The topological polar surface area (TPSA) is 48.0 Å². The third-order valence-corrected chi connectivity index (χ3v) is 3.90. The number of aliphatic hydroxyl groups excluding tert-OH is 1. The van der Waals surface area contributed by atoms with Crippen molar-refractivity contribution in [2.24, 2.45) is 0 Å². The molecule has 3 N–H and O–H groups in total. The van der Waals surface area contributed by atoms with Crippen LogP contribution >= 0.6 is 0 Å². The van der Waals surface area contributed by atoms with Crippen LogP contribution in [0.3, 0.4) is 0 Å². The molecule has 3 heteroatoms. The van der Waals surface area contributed by atoms with Crippen LogP contribution < -0.4 is 5.32 Å². The zero-order chi connectivity index (χ0) is 12.5. The number of aromatic nitrogens is 1. The summed E-state index contributed by atoms with van der Waals surface area (Å²) in [5.74, 6) is 0. The summed E-state index contributed by atoms with van der Waals surface area (Å²) < 4.78 is 0. The number of likely N-dealkylation sites (N-methyl/N-ethyl adjacent to an activating group) is 1. The molecule has 3 nitrogen and oxygen atoms in total. The van der Waals surface area contributed by atoms with Crippen LogP contribution in [0.4, 0.5) is 0 Å². The molecule has 2 aromatic rings. The Morgan fingerprint density at radius 1 is 1.33 bits per heavy atom. The fourth-order valence-electron chi connectivity index (χ4n) is 2.94. The number of nitrogens with one attached hydrogen (secondary N) is 2. The molecule has 1 heterocycles. The van der Waals surface area contributed by atoms with Crippen molar-refractivity contribution in [3.63, 3.8) is 0 Å². The average molecular weight is 244 g/mol. The summed E-state index contributed by atoms with van der Waals surface area (Å²) in [4.78, 5) is 3.52. The molecular weight excluding hydrogens is 224 g/mol. The van der Waals surface area contributed by atoms with E-state index in [0.29, 0.717) is 6.54 Å². The number of benzene rings is 1. The number of aryl methyl sites for hydroxylation is 2. The Kier molecular flexibility index (Phi) is 3.10. The van der Waals surface area contributed by atoms with Crippen LogP contribution in [0.1, 0.15) is 35.8 Å². The lowest BCUT2D eigenvalue weighted by molar-refractivity contribution is 0.178. The van der Waals surface area contributed by atoms with Crippen molar-refractivity contribution in [1.82, 2.24) is 10.3 Å². The summed E-state index contributed by atoms with van der Waals surface area (Å²) in [5.41, 5.74) is 5.08. The lowest BCUT2D eigenvalue weighted by atomic mass is 9.94. The van der Waals surface area contributed by atoms with Gasteiger partial charge in [-0.1, -0.05) is 6.07 Å². The molecule has 3 rings (SSSR count).